The second-order valence-electron chi connectivity index (χ2n) is 9.06. The van der Waals surface area contributed by atoms with E-state index < -0.39 is 11.6 Å². The van der Waals surface area contributed by atoms with Gasteiger partial charge in [-0.05, 0) is 43.7 Å². The summed E-state index contributed by atoms with van der Waals surface area (Å²) in [4.78, 5) is 33.2. The summed E-state index contributed by atoms with van der Waals surface area (Å²) in [7, 11) is 1.67. The Kier molecular flexibility index (Phi) is 6.95. The maximum atomic E-state index is 14.2. The number of nitrogens with one attached hydrogen (secondary N) is 3. The van der Waals surface area contributed by atoms with Crippen LogP contribution in [0.5, 0.6) is 5.75 Å². The van der Waals surface area contributed by atoms with Crippen molar-refractivity contribution in [2.24, 2.45) is 0 Å². The van der Waals surface area contributed by atoms with E-state index in [1.54, 1.807) is 13.2 Å². The highest BCUT2D eigenvalue weighted by Gasteiger charge is 2.29. The third-order valence-electron chi connectivity index (χ3n) is 6.67. The molecule has 0 bridgehead atoms. The molecule has 3 aromatic rings. The standard InChI is InChI=1S/C25H27F2N5O4/c1-35-22-12-32(6-4-14-8-17-18(27)9-15(26)10-20(17)30-25(14)34)7-5-19(22)28-11-16-2-3-21-24(29-16)31-23(33)13-36-21/h2-3,8-10,19,22,28H,4-7,11-13H2,1H3,(H,30,34)(H,29,31,33)/t19-,22+/m1/s1. The number of rotatable bonds is 7. The molecular formula is C25H27F2N5O4. The minimum Gasteiger partial charge on any atom is -0.480 e. The monoisotopic (exact) mass is 499 g/mol. The Hall–Kier alpha value is -3.41. The van der Waals surface area contributed by atoms with Crippen molar-refractivity contribution in [1.29, 1.82) is 0 Å². The molecule has 2 atom stereocenters. The first-order chi connectivity index (χ1) is 17.4. The molecular weight excluding hydrogens is 472 g/mol. The minimum absolute atomic E-state index is 0.00745. The van der Waals surface area contributed by atoms with Crippen molar-refractivity contribution in [1.82, 2.24) is 20.2 Å². The number of halogens is 2. The minimum atomic E-state index is -0.728. The first kappa shape index (κ1) is 24.3. The number of pyridine rings is 2. The van der Waals surface area contributed by atoms with Gasteiger partial charge < -0.3 is 30.0 Å². The van der Waals surface area contributed by atoms with Crippen LogP contribution in [0.1, 0.15) is 17.7 Å². The summed E-state index contributed by atoms with van der Waals surface area (Å²) in [6.45, 7) is 2.57. The van der Waals surface area contributed by atoms with Gasteiger partial charge in [-0.15, -0.1) is 0 Å². The number of amides is 1. The summed E-state index contributed by atoms with van der Waals surface area (Å²) in [5.41, 5.74) is 1.04. The number of carbonyl (C=O) groups excluding carboxylic acids is 1. The normalized spacial score (nSPS) is 20.1. The molecule has 1 saturated heterocycles. The first-order valence-electron chi connectivity index (χ1n) is 11.8. The van der Waals surface area contributed by atoms with E-state index in [4.69, 9.17) is 9.47 Å². The van der Waals surface area contributed by atoms with E-state index >= 15 is 0 Å². The van der Waals surface area contributed by atoms with Crippen LogP contribution in [0, 0.1) is 11.6 Å². The zero-order valence-corrected chi connectivity index (χ0v) is 19.8. The zero-order valence-electron chi connectivity index (χ0n) is 19.8. The number of carbonyl (C=O) groups is 1. The van der Waals surface area contributed by atoms with E-state index in [1.165, 1.54) is 6.07 Å². The van der Waals surface area contributed by atoms with Gasteiger partial charge in [0.2, 0.25) is 0 Å². The van der Waals surface area contributed by atoms with Crippen molar-refractivity contribution in [2.45, 2.75) is 31.5 Å². The van der Waals surface area contributed by atoms with Gasteiger partial charge in [0, 0.05) is 49.8 Å². The van der Waals surface area contributed by atoms with Crippen molar-refractivity contribution in [3.8, 4) is 5.75 Å². The average molecular weight is 500 g/mol. The molecule has 2 aliphatic heterocycles. The predicted octanol–water partition coefficient (Wildman–Crippen LogP) is 1.95. The van der Waals surface area contributed by atoms with Crippen molar-refractivity contribution in [2.75, 3.05) is 38.7 Å². The molecule has 1 aromatic carbocycles. The van der Waals surface area contributed by atoms with E-state index in [0.717, 1.165) is 30.8 Å². The largest absolute Gasteiger partial charge is 0.480 e. The van der Waals surface area contributed by atoms with E-state index in [-0.39, 0.29) is 41.1 Å². The number of anilines is 1. The number of nitrogens with zero attached hydrogens (tertiary/aromatic N) is 2. The number of benzene rings is 1. The fourth-order valence-corrected chi connectivity index (χ4v) is 4.74. The van der Waals surface area contributed by atoms with E-state index in [9.17, 15) is 18.4 Å². The van der Waals surface area contributed by atoms with Crippen molar-refractivity contribution >= 4 is 22.6 Å². The molecule has 2 aliphatic rings. The highest BCUT2D eigenvalue weighted by Crippen LogP contribution is 2.25. The number of hydrogen-bond donors (Lipinski definition) is 3. The maximum absolute atomic E-state index is 14.2. The van der Waals surface area contributed by atoms with Gasteiger partial charge in [-0.3, -0.25) is 9.59 Å². The van der Waals surface area contributed by atoms with Crippen LogP contribution in [0.2, 0.25) is 0 Å². The van der Waals surface area contributed by atoms with Crippen molar-refractivity contribution in [3.63, 3.8) is 0 Å². The molecule has 1 fully saturated rings. The van der Waals surface area contributed by atoms with Crippen LogP contribution in [-0.4, -0.2) is 66.3 Å². The van der Waals surface area contributed by atoms with Crippen LogP contribution in [-0.2, 0) is 22.5 Å². The molecule has 9 nitrogen and oxygen atoms in total. The quantitative estimate of drug-likeness (QED) is 0.456. The van der Waals surface area contributed by atoms with E-state index in [1.807, 2.05) is 6.07 Å². The van der Waals surface area contributed by atoms with Crippen LogP contribution < -0.4 is 20.9 Å². The highest BCUT2D eigenvalue weighted by molar-refractivity contribution is 5.94. The van der Waals surface area contributed by atoms with Gasteiger partial charge in [0.1, 0.15) is 11.6 Å². The molecule has 0 saturated carbocycles. The summed E-state index contributed by atoms with van der Waals surface area (Å²) in [6, 6.07) is 7.19. The third-order valence-corrected chi connectivity index (χ3v) is 6.67. The van der Waals surface area contributed by atoms with Gasteiger partial charge in [-0.1, -0.05) is 0 Å². The Morgan fingerprint density at radius 3 is 2.94 bits per heavy atom. The van der Waals surface area contributed by atoms with Gasteiger partial charge in [0.25, 0.3) is 11.5 Å². The van der Waals surface area contributed by atoms with Crippen LogP contribution in [0.15, 0.2) is 35.1 Å². The summed E-state index contributed by atoms with van der Waals surface area (Å²) in [5, 5.41) is 6.41. The Morgan fingerprint density at radius 1 is 1.25 bits per heavy atom. The molecule has 0 radical (unpaired) electrons. The molecule has 0 unspecified atom stereocenters. The maximum Gasteiger partial charge on any atom is 0.263 e. The summed E-state index contributed by atoms with van der Waals surface area (Å²) >= 11 is 0. The number of fused-ring (bicyclic) bond motifs is 2. The van der Waals surface area contributed by atoms with Crippen LogP contribution in [0.4, 0.5) is 14.6 Å². The molecule has 5 rings (SSSR count). The fourth-order valence-electron chi connectivity index (χ4n) is 4.74. The zero-order chi connectivity index (χ0) is 25.2. The Labute approximate surface area is 205 Å². The molecule has 3 N–H and O–H groups in total. The number of piperidine rings is 1. The van der Waals surface area contributed by atoms with E-state index in [2.05, 4.69) is 25.5 Å². The van der Waals surface area contributed by atoms with Crippen molar-refractivity contribution < 1.29 is 23.0 Å². The van der Waals surface area contributed by atoms with Crippen LogP contribution in [0.25, 0.3) is 10.9 Å². The number of ether oxygens (including phenoxy) is 2. The molecule has 190 valence electrons. The van der Waals surface area contributed by atoms with Gasteiger partial charge in [0.05, 0.1) is 17.3 Å². The van der Waals surface area contributed by atoms with Gasteiger partial charge in [0.15, 0.2) is 18.2 Å². The van der Waals surface area contributed by atoms with Crippen LogP contribution in [0.3, 0.4) is 0 Å². The van der Waals surface area contributed by atoms with Gasteiger partial charge in [-0.2, -0.15) is 0 Å². The number of methoxy groups -OCH3 is 1. The second kappa shape index (κ2) is 10.3. The first-order valence-corrected chi connectivity index (χ1v) is 11.8. The van der Waals surface area contributed by atoms with Gasteiger partial charge in [-0.25, -0.2) is 13.8 Å². The van der Waals surface area contributed by atoms with Crippen LogP contribution >= 0.6 is 0 Å². The SMILES string of the molecule is CO[C@H]1CN(CCc2cc3c(F)cc(F)cc3[nH]c2=O)CC[C@H]1NCc1ccc2c(n1)NC(=O)CO2. The number of H-pyrrole nitrogens is 1. The molecule has 1 amide bonds. The fraction of sp³-hybridized carbons (Fsp3) is 0.400. The number of aromatic amines is 1. The van der Waals surface area contributed by atoms with Crippen molar-refractivity contribution in [3.05, 3.63) is 63.6 Å². The lowest BCUT2D eigenvalue weighted by atomic mass is 10.0. The molecule has 11 heteroatoms. The summed E-state index contributed by atoms with van der Waals surface area (Å²) < 4.78 is 38.7. The topological polar surface area (TPSA) is 109 Å². The third kappa shape index (κ3) is 5.23. The smallest absolute Gasteiger partial charge is 0.263 e. The number of aromatic nitrogens is 2. The molecule has 36 heavy (non-hydrogen) atoms. The molecule has 0 spiro atoms. The summed E-state index contributed by atoms with van der Waals surface area (Å²) in [6.07, 6.45) is 1.18. The Morgan fingerprint density at radius 2 is 2.11 bits per heavy atom. The molecule has 4 heterocycles. The lowest BCUT2D eigenvalue weighted by molar-refractivity contribution is -0.118. The second-order valence-corrected chi connectivity index (χ2v) is 9.06. The lowest BCUT2D eigenvalue weighted by Gasteiger charge is -2.38. The number of likely N-dealkylation sites (tertiary alicyclic amines) is 1. The lowest BCUT2D eigenvalue weighted by Crippen LogP contribution is -2.53. The average Bonchev–Trinajstić information content (AvgIpc) is 2.86. The highest BCUT2D eigenvalue weighted by atomic mass is 19.1. The molecule has 2 aromatic heterocycles. The molecule has 0 aliphatic carbocycles. The summed E-state index contributed by atoms with van der Waals surface area (Å²) in [5.74, 6) is -0.665. The Bertz CT molecular complexity index is 1350. The predicted molar refractivity (Wildman–Crippen MR) is 129 cm³/mol. The number of hydrogen-bond acceptors (Lipinski definition) is 7. The van der Waals surface area contributed by atoms with Gasteiger partial charge >= 0.3 is 0 Å². The Balaban J connectivity index is 1.17. The van der Waals surface area contributed by atoms with E-state index in [0.29, 0.717) is 43.2 Å².